The summed E-state index contributed by atoms with van der Waals surface area (Å²) in [4.78, 5) is 4.33. The average molecular weight is 151 g/mol. The van der Waals surface area contributed by atoms with Crippen molar-refractivity contribution < 1.29 is 4.42 Å². The molecule has 1 aliphatic carbocycles. The molecule has 1 aliphatic rings. The lowest BCUT2D eigenvalue weighted by Crippen LogP contribution is -2.04. The number of aryl methyl sites for hydroxylation is 2. The number of oxazole rings is 1. The molecule has 0 saturated heterocycles. The summed E-state index contributed by atoms with van der Waals surface area (Å²) in [7, 11) is 0. The standard InChI is InChI=1S/C9H13NO/c1-6-4-3-5-8-9(6)11-7(2)10-8/h6H,3-5H2,1-2H3. The predicted octanol–water partition coefficient (Wildman–Crippen LogP) is 2.42. The molecule has 60 valence electrons. The fourth-order valence-electron chi connectivity index (χ4n) is 1.76. The van der Waals surface area contributed by atoms with Gasteiger partial charge in [-0.05, 0) is 19.3 Å². The second-order valence-electron chi connectivity index (χ2n) is 3.34. The van der Waals surface area contributed by atoms with Crippen LogP contribution < -0.4 is 0 Å². The SMILES string of the molecule is Cc1nc2c(o1)C(C)CCC2. The van der Waals surface area contributed by atoms with Crippen molar-refractivity contribution in [2.45, 2.75) is 39.0 Å². The molecule has 1 atom stereocenters. The van der Waals surface area contributed by atoms with Crippen molar-refractivity contribution in [3.63, 3.8) is 0 Å². The third-order valence-corrected chi connectivity index (χ3v) is 2.33. The summed E-state index contributed by atoms with van der Waals surface area (Å²) in [5, 5.41) is 0. The zero-order chi connectivity index (χ0) is 7.84. The number of rotatable bonds is 0. The largest absolute Gasteiger partial charge is 0.445 e. The number of hydrogen-bond donors (Lipinski definition) is 0. The molecule has 0 aromatic carbocycles. The molecule has 0 amide bonds. The molecule has 0 bridgehead atoms. The van der Waals surface area contributed by atoms with E-state index < -0.39 is 0 Å². The van der Waals surface area contributed by atoms with Crippen LogP contribution in [0.2, 0.25) is 0 Å². The molecule has 0 spiro atoms. The molecule has 0 radical (unpaired) electrons. The van der Waals surface area contributed by atoms with Gasteiger partial charge in [0, 0.05) is 12.8 Å². The zero-order valence-corrected chi connectivity index (χ0v) is 7.05. The van der Waals surface area contributed by atoms with E-state index >= 15 is 0 Å². The minimum atomic E-state index is 0.583. The molecular formula is C9H13NO. The van der Waals surface area contributed by atoms with Gasteiger partial charge in [0.1, 0.15) is 5.76 Å². The Morgan fingerprint density at radius 1 is 1.55 bits per heavy atom. The first-order valence-corrected chi connectivity index (χ1v) is 4.23. The molecule has 0 fully saturated rings. The Morgan fingerprint density at radius 3 is 3.09 bits per heavy atom. The molecule has 1 aromatic rings. The summed E-state index contributed by atoms with van der Waals surface area (Å²) in [6.07, 6.45) is 3.62. The van der Waals surface area contributed by atoms with Gasteiger partial charge in [-0.1, -0.05) is 6.92 Å². The van der Waals surface area contributed by atoms with Gasteiger partial charge < -0.3 is 4.42 Å². The monoisotopic (exact) mass is 151 g/mol. The van der Waals surface area contributed by atoms with E-state index in [-0.39, 0.29) is 0 Å². The van der Waals surface area contributed by atoms with E-state index in [9.17, 15) is 0 Å². The smallest absolute Gasteiger partial charge is 0.191 e. The van der Waals surface area contributed by atoms with Crippen molar-refractivity contribution >= 4 is 0 Å². The fraction of sp³-hybridized carbons (Fsp3) is 0.667. The van der Waals surface area contributed by atoms with Gasteiger partial charge in [0.05, 0.1) is 5.69 Å². The summed E-state index contributed by atoms with van der Waals surface area (Å²) in [6.45, 7) is 4.13. The first-order valence-electron chi connectivity index (χ1n) is 4.23. The Labute approximate surface area is 66.6 Å². The fourth-order valence-corrected chi connectivity index (χ4v) is 1.76. The maximum atomic E-state index is 5.51. The van der Waals surface area contributed by atoms with E-state index in [2.05, 4.69) is 11.9 Å². The molecule has 0 N–H and O–H groups in total. The molecule has 0 aliphatic heterocycles. The lowest BCUT2D eigenvalue weighted by Gasteiger charge is -2.14. The highest BCUT2D eigenvalue weighted by Gasteiger charge is 2.21. The number of hydrogen-bond acceptors (Lipinski definition) is 2. The summed E-state index contributed by atoms with van der Waals surface area (Å²) in [5.74, 6) is 2.54. The third-order valence-electron chi connectivity index (χ3n) is 2.33. The third kappa shape index (κ3) is 1.06. The minimum absolute atomic E-state index is 0.583. The van der Waals surface area contributed by atoms with Gasteiger partial charge >= 0.3 is 0 Å². The van der Waals surface area contributed by atoms with Crippen LogP contribution in [0.5, 0.6) is 0 Å². The van der Waals surface area contributed by atoms with Gasteiger partial charge in [-0.25, -0.2) is 4.98 Å². The van der Waals surface area contributed by atoms with Crippen LogP contribution in [0.3, 0.4) is 0 Å². The number of nitrogens with zero attached hydrogens (tertiary/aromatic N) is 1. The maximum absolute atomic E-state index is 5.51. The van der Waals surface area contributed by atoms with Crippen molar-refractivity contribution in [1.29, 1.82) is 0 Å². The normalized spacial score (nSPS) is 23.3. The van der Waals surface area contributed by atoms with E-state index in [1.54, 1.807) is 0 Å². The van der Waals surface area contributed by atoms with Crippen molar-refractivity contribution in [3.8, 4) is 0 Å². The van der Waals surface area contributed by atoms with Crippen LogP contribution in [0.1, 0.15) is 43.0 Å². The van der Waals surface area contributed by atoms with Crippen LogP contribution >= 0.6 is 0 Å². The molecule has 2 rings (SSSR count). The van der Waals surface area contributed by atoms with Crippen LogP contribution in [0.15, 0.2) is 4.42 Å². The van der Waals surface area contributed by atoms with E-state index in [0.717, 1.165) is 18.1 Å². The lowest BCUT2D eigenvalue weighted by molar-refractivity contribution is 0.417. The van der Waals surface area contributed by atoms with Crippen molar-refractivity contribution in [2.75, 3.05) is 0 Å². The topological polar surface area (TPSA) is 26.0 Å². The minimum Gasteiger partial charge on any atom is -0.445 e. The predicted molar refractivity (Wildman–Crippen MR) is 42.6 cm³/mol. The van der Waals surface area contributed by atoms with Crippen LogP contribution in [0.25, 0.3) is 0 Å². The summed E-state index contributed by atoms with van der Waals surface area (Å²) in [5.41, 5.74) is 1.20. The zero-order valence-electron chi connectivity index (χ0n) is 7.05. The highest BCUT2D eigenvalue weighted by Crippen LogP contribution is 2.30. The Hall–Kier alpha value is -0.790. The second kappa shape index (κ2) is 2.36. The molecule has 1 unspecified atom stereocenters. The van der Waals surface area contributed by atoms with Crippen molar-refractivity contribution in [1.82, 2.24) is 4.98 Å². The summed E-state index contributed by atoms with van der Waals surface area (Å²) < 4.78 is 5.51. The Kier molecular flexibility index (Phi) is 1.48. The van der Waals surface area contributed by atoms with E-state index in [1.165, 1.54) is 18.5 Å². The van der Waals surface area contributed by atoms with Crippen molar-refractivity contribution in [3.05, 3.63) is 17.3 Å². The lowest BCUT2D eigenvalue weighted by atomic mass is 9.92. The van der Waals surface area contributed by atoms with Crippen LogP contribution in [0.4, 0.5) is 0 Å². The van der Waals surface area contributed by atoms with Gasteiger partial charge in [-0.3, -0.25) is 0 Å². The van der Waals surface area contributed by atoms with Crippen LogP contribution in [-0.4, -0.2) is 4.98 Å². The Balaban J connectivity index is 2.43. The second-order valence-corrected chi connectivity index (χ2v) is 3.34. The van der Waals surface area contributed by atoms with Gasteiger partial charge in [0.2, 0.25) is 0 Å². The van der Waals surface area contributed by atoms with Gasteiger partial charge in [-0.15, -0.1) is 0 Å². The molecule has 2 heteroatoms. The highest BCUT2D eigenvalue weighted by atomic mass is 16.4. The summed E-state index contributed by atoms with van der Waals surface area (Å²) >= 11 is 0. The van der Waals surface area contributed by atoms with Crippen molar-refractivity contribution in [2.24, 2.45) is 0 Å². The molecule has 2 nitrogen and oxygen atoms in total. The molecule has 1 heterocycles. The molecule has 0 saturated carbocycles. The number of fused-ring (bicyclic) bond motifs is 1. The van der Waals surface area contributed by atoms with E-state index in [0.29, 0.717) is 5.92 Å². The van der Waals surface area contributed by atoms with Crippen LogP contribution in [-0.2, 0) is 6.42 Å². The van der Waals surface area contributed by atoms with Gasteiger partial charge in [0.15, 0.2) is 5.89 Å². The maximum Gasteiger partial charge on any atom is 0.191 e. The quantitative estimate of drug-likeness (QED) is 0.569. The molecular weight excluding hydrogens is 138 g/mol. The van der Waals surface area contributed by atoms with E-state index in [1.807, 2.05) is 6.92 Å². The summed E-state index contributed by atoms with van der Waals surface area (Å²) in [6, 6.07) is 0. The first-order chi connectivity index (χ1) is 5.27. The molecule has 1 aromatic heterocycles. The van der Waals surface area contributed by atoms with Gasteiger partial charge in [0.25, 0.3) is 0 Å². The highest BCUT2D eigenvalue weighted by molar-refractivity contribution is 5.16. The number of aromatic nitrogens is 1. The van der Waals surface area contributed by atoms with E-state index in [4.69, 9.17) is 4.42 Å². The Bertz CT molecular complexity index is 265. The average Bonchev–Trinajstić information content (AvgIpc) is 2.31. The molecule has 11 heavy (non-hydrogen) atoms. The first kappa shape index (κ1) is 6.89. The van der Waals surface area contributed by atoms with Gasteiger partial charge in [-0.2, -0.15) is 0 Å². The Morgan fingerprint density at radius 2 is 2.36 bits per heavy atom. The van der Waals surface area contributed by atoms with Crippen LogP contribution in [0, 0.1) is 6.92 Å².